The summed E-state index contributed by atoms with van der Waals surface area (Å²) >= 11 is 0. The van der Waals surface area contributed by atoms with E-state index in [1.54, 1.807) is 18.2 Å². The zero-order valence-electron chi connectivity index (χ0n) is 15.2. The maximum Gasteiger partial charge on any atom is 0.252 e. The van der Waals surface area contributed by atoms with Crippen molar-refractivity contribution in [1.82, 2.24) is 14.7 Å². The van der Waals surface area contributed by atoms with E-state index in [0.717, 1.165) is 12.5 Å². The Morgan fingerprint density at radius 3 is 2.63 bits per heavy atom. The second-order valence-corrected chi connectivity index (χ2v) is 8.52. The molecule has 7 heteroatoms. The highest BCUT2D eigenvalue weighted by atomic mass is 19.1. The van der Waals surface area contributed by atoms with Gasteiger partial charge >= 0.3 is 0 Å². The third kappa shape index (κ3) is 2.71. The molecule has 3 heterocycles. The molecular formula is C20H24FN3O3. The quantitative estimate of drug-likeness (QED) is 0.783. The van der Waals surface area contributed by atoms with Gasteiger partial charge in [-0.25, -0.2) is 4.39 Å². The number of aliphatic hydroxyl groups excluding tert-OH is 1. The largest absolute Gasteiger partial charge is 0.392 e. The molecule has 1 aliphatic carbocycles. The van der Waals surface area contributed by atoms with Gasteiger partial charge in [0.25, 0.3) is 5.91 Å². The second-order valence-electron chi connectivity index (χ2n) is 8.52. The molecule has 27 heavy (non-hydrogen) atoms. The van der Waals surface area contributed by atoms with E-state index in [2.05, 4.69) is 4.90 Å². The minimum absolute atomic E-state index is 0.0465. The number of hydrogen-bond acceptors (Lipinski definition) is 5. The van der Waals surface area contributed by atoms with Gasteiger partial charge in [0.05, 0.1) is 18.7 Å². The molecule has 1 aromatic carbocycles. The van der Waals surface area contributed by atoms with E-state index < -0.39 is 23.5 Å². The third-order valence-electron chi connectivity index (χ3n) is 6.49. The van der Waals surface area contributed by atoms with Gasteiger partial charge < -0.3 is 5.11 Å². The number of carbonyl (C=O) groups is 2. The van der Waals surface area contributed by atoms with Gasteiger partial charge in [-0.2, -0.15) is 0 Å². The Hall–Kier alpha value is -1.83. The van der Waals surface area contributed by atoms with Gasteiger partial charge in [0.15, 0.2) is 0 Å². The van der Waals surface area contributed by atoms with Gasteiger partial charge in [0.2, 0.25) is 5.91 Å². The second kappa shape index (κ2) is 6.09. The van der Waals surface area contributed by atoms with Crippen molar-refractivity contribution in [2.24, 2.45) is 5.92 Å². The van der Waals surface area contributed by atoms with Crippen LogP contribution in [0.3, 0.4) is 0 Å². The molecule has 0 radical (unpaired) electrons. The summed E-state index contributed by atoms with van der Waals surface area (Å²) in [5, 5.41) is 10.2. The minimum atomic E-state index is -0.754. The van der Waals surface area contributed by atoms with Gasteiger partial charge in [-0.15, -0.1) is 0 Å². The maximum atomic E-state index is 14.1. The number of β-amino-alcohol motifs (C(OH)–C–C–N with tert-alkyl or cyclic N) is 1. The molecule has 2 atom stereocenters. The average Bonchev–Trinajstić information content (AvgIpc) is 3.34. The summed E-state index contributed by atoms with van der Waals surface area (Å²) in [6.07, 6.45) is 2.24. The van der Waals surface area contributed by atoms with Crippen molar-refractivity contribution in [1.29, 1.82) is 0 Å². The van der Waals surface area contributed by atoms with Crippen LogP contribution >= 0.6 is 0 Å². The fourth-order valence-electron chi connectivity index (χ4n) is 4.93. The van der Waals surface area contributed by atoms with Crippen LogP contribution in [0.2, 0.25) is 0 Å². The lowest BCUT2D eigenvalue weighted by Crippen LogP contribution is -2.81. The number of hydrogen-bond donors (Lipinski definition) is 1. The van der Waals surface area contributed by atoms with Crippen LogP contribution in [0, 0.1) is 11.7 Å². The predicted octanol–water partition coefficient (Wildman–Crippen LogP) is 0.594. The van der Waals surface area contributed by atoms with Gasteiger partial charge in [-0.05, 0) is 31.2 Å². The van der Waals surface area contributed by atoms with E-state index in [1.165, 1.54) is 23.8 Å². The number of halogens is 1. The van der Waals surface area contributed by atoms with Crippen LogP contribution < -0.4 is 0 Å². The Labute approximate surface area is 157 Å². The monoisotopic (exact) mass is 373 g/mol. The highest BCUT2D eigenvalue weighted by molar-refractivity contribution is 6.06. The van der Waals surface area contributed by atoms with Crippen LogP contribution in [-0.4, -0.2) is 75.5 Å². The van der Waals surface area contributed by atoms with Crippen molar-refractivity contribution in [3.8, 4) is 0 Å². The number of piperazine rings is 1. The molecule has 0 bridgehead atoms. The van der Waals surface area contributed by atoms with E-state index in [4.69, 9.17) is 0 Å². The molecule has 3 aliphatic heterocycles. The molecule has 1 aromatic rings. The summed E-state index contributed by atoms with van der Waals surface area (Å²) in [6, 6.07) is 5.76. The molecule has 1 spiro atoms. The normalized spacial score (nSPS) is 30.7. The van der Waals surface area contributed by atoms with Crippen molar-refractivity contribution < 1.29 is 19.1 Å². The average molecular weight is 373 g/mol. The predicted molar refractivity (Wildman–Crippen MR) is 95.0 cm³/mol. The summed E-state index contributed by atoms with van der Waals surface area (Å²) in [6.45, 7) is 2.48. The van der Waals surface area contributed by atoms with Crippen LogP contribution in [-0.2, 0) is 16.1 Å². The highest BCUT2D eigenvalue weighted by Crippen LogP contribution is 2.42. The maximum absolute atomic E-state index is 14.1. The molecule has 0 aromatic heterocycles. The van der Waals surface area contributed by atoms with Crippen molar-refractivity contribution in [3.63, 3.8) is 0 Å². The van der Waals surface area contributed by atoms with Crippen molar-refractivity contribution in [3.05, 3.63) is 35.6 Å². The molecule has 2 amide bonds. The van der Waals surface area contributed by atoms with Gasteiger partial charge in [-0.1, -0.05) is 18.2 Å². The third-order valence-corrected chi connectivity index (χ3v) is 6.49. The standard InChI is InChI=1S/C20H24FN3O3/c21-16-4-2-1-3-14(16)9-23-18(26)17-7-15(25)10-24(17)20(19(23)27)11-22(12-20)8-13-5-6-13/h1-4,13,15,17,25H,5-12H2/t15-,17+/m1/s1. The number of likely N-dealkylation sites (tertiary alicyclic amines) is 1. The fraction of sp³-hybridized carbons (Fsp3) is 0.600. The molecular weight excluding hydrogens is 349 g/mol. The Morgan fingerprint density at radius 1 is 1.19 bits per heavy atom. The molecule has 3 saturated heterocycles. The van der Waals surface area contributed by atoms with Gasteiger partial charge in [0, 0.05) is 31.7 Å². The summed E-state index contributed by atoms with van der Waals surface area (Å²) < 4.78 is 14.1. The lowest BCUT2D eigenvalue weighted by atomic mass is 9.82. The Kier molecular flexibility index (Phi) is 3.90. The Balaban J connectivity index is 1.43. The minimum Gasteiger partial charge on any atom is -0.392 e. The van der Waals surface area contributed by atoms with Crippen LogP contribution in [0.5, 0.6) is 0 Å². The first kappa shape index (κ1) is 17.3. The molecule has 1 saturated carbocycles. The number of carbonyl (C=O) groups excluding carboxylic acids is 2. The zero-order valence-corrected chi connectivity index (χ0v) is 15.2. The summed E-state index contributed by atoms with van der Waals surface area (Å²) in [5.74, 6) is -0.235. The highest BCUT2D eigenvalue weighted by Gasteiger charge is 2.64. The summed E-state index contributed by atoms with van der Waals surface area (Å²) in [5.41, 5.74) is -0.411. The first-order valence-electron chi connectivity index (χ1n) is 9.74. The number of benzene rings is 1. The van der Waals surface area contributed by atoms with Crippen molar-refractivity contribution >= 4 is 11.8 Å². The van der Waals surface area contributed by atoms with Gasteiger partial charge in [-0.3, -0.25) is 24.3 Å². The van der Waals surface area contributed by atoms with Crippen molar-refractivity contribution in [2.75, 3.05) is 26.2 Å². The van der Waals surface area contributed by atoms with E-state index >= 15 is 0 Å². The van der Waals surface area contributed by atoms with E-state index in [0.29, 0.717) is 31.6 Å². The lowest BCUT2D eigenvalue weighted by molar-refractivity contribution is -0.181. The summed E-state index contributed by atoms with van der Waals surface area (Å²) in [4.78, 5) is 31.8. The molecule has 0 unspecified atom stereocenters. The number of imide groups is 1. The molecule has 6 nitrogen and oxygen atoms in total. The first-order valence-corrected chi connectivity index (χ1v) is 9.74. The number of fused-ring (bicyclic) bond motifs is 2. The smallest absolute Gasteiger partial charge is 0.252 e. The number of aliphatic hydroxyl groups is 1. The molecule has 5 rings (SSSR count). The topological polar surface area (TPSA) is 64.1 Å². The SMILES string of the molecule is O=C1[C@@H]2C[C@@H](O)CN2C2(CN(CC3CC3)C2)C(=O)N1Cc1ccccc1F. The van der Waals surface area contributed by atoms with E-state index in [1.807, 2.05) is 4.90 Å². The Bertz CT molecular complexity index is 790. The lowest BCUT2D eigenvalue weighted by Gasteiger charge is -2.58. The van der Waals surface area contributed by atoms with Crippen LogP contribution in [0.4, 0.5) is 4.39 Å². The zero-order chi connectivity index (χ0) is 18.8. The van der Waals surface area contributed by atoms with E-state index in [9.17, 15) is 19.1 Å². The van der Waals surface area contributed by atoms with Crippen LogP contribution in [0.25, 0.3) is 0 Å². The number of amides is 2. The molecule has 4 aliphatic rings. The summed E-state index contributed by atoms with van der Waals surface area (Å²) in [7, 11) is 0. The van der Waals surface area contributed by atoms with Gasteiger partial charge in [0.1, 0.15) is 11.4 Å². The van der Waals surface area contributed by atoms with E-state index in [-0.39, 0.29) is 18.4 Å². The van der Waals surface area contributed by atoms with Crippen LogP contribution in [0.15, 0.2) is 24.3 Å². The fourth-order valence-corrected chi connectivity index (χ4v) is 4.93. The first-order chi connectivity index (χ1) is 13.0. The molecule has 144 valence electrons. The molecule has 4 fully saturated rings. The number of nitrogens with zero attached hydrogens (tertiary/aromatic N) is 3. The molecule has 1 N–H and O–H groups in total. The Morgan fingerprint density at radius 2 is 1.93 bits per heavy atom. The van der Waals surface area contributed by atoms with Crippen LogP contribution in [0.1, 0.15) is 24.8 Å². The van der Waals surface area contributed by atoms with Crippen molar-refractivity contribution in [2.45, 2.75) is 43.5 Å². The number of rotatable bonds is 4.